The quantitative estimate of drug-likeness (QED) is 0.734. The molecule has 19 heavy (non-hydrogen) atoms. The van der Waals surface area contributed by atoms with Crippen LogP contribution in [-0.2, 0) is 11.3 Å². The Bertz CT molecular complexity index is 423. The molecule has 2 rings (SSSR count). The Labute approximate surface area is 113 Å². The van der Waals surface area contributed by atoms with Crippen LogP contribution < -0.4 is 15.4 Å². The third-order valence-electron chi connectivity index (χ3n) is 2.72. The van der Waals surface area contributed by atoms with Gasteiger partial charge in [-0.2, -0.15) is 0 Å². The van der Waals surface area contributed by atoms with Crippen molar-refractivity contribution < 1.29 is 9.47 Å². The van der Waals surface area contributed by atoms with Crippen LogP contribution in [0.15, 0.2) is 23.3 Å². The molecule has 0 bridgehead atoms. The molecule has 1 aromatic rings. The predicted molar refractivity (Wildman–Crippen MR) is 73.4 cm³/mol. The second-order valence-electron chi connectivity index (χ2n) is 4.17. The molecule has 0 spiro atoms. The van der Waals surface area contributed by atoms with Gasteiger partial charge < -0.3 is 20.1 Å². The minimum absolute atomic E-state index is 0.500. The predicted octanol–water partition coefficient (Wildman–Crippen LogP) is 0.546. The van der Waals surface area contributed by atoms with Crippen molar-refractivity contribution in [3.63, 3.8) is 0 Å². The summed E-state index contributed by atoms with van der Waals surface area (Å²) in [7, 11) is 1.65. The summed E-state index contributed by atoms with van der Waals surface area (Å²) in [6.45, 7) is 3.54. The van der Waals surface area contributed by atoms with E-state index >= 15 is 0 Å². The van der Waals surface area contributed by atoms with E-state index in [2.05, 4.69) is 20.6 Å². The van der Waals surface area contributed by atoms with Crippen molar-refractivity contribution in [3.05, 3.63) is 23.9 Å². The van der Waals surface area contributed by atoms with Crippen molar-refractivity contribution in [2.45, 2.75) is 13.0 Å². The van der Waals surface area contributed by atoms with Crippen LogP contribution in [0, 0.1) is 0 Å². The SMILES string of the molecule is COCCOc1ncccc1CNC1=NCCCN1. The van der Waals surface area contributed by atoms with Crippen LogP contribution in [0.5, 0.6) is 5.88 Å². The summed E-state index contributed by atoms with van der Waals surface area (Å²) in [6.07, 6.45) is 2.81. The van der Waals surface area contributed by atoms with Gasteiger partial charge in [0.2, 0.25) is 5.88 Å². The number of hydrogen-bond acceptors (Lipinski definition) is 6. The average molecular weight is 264 g/mol. The number of nitrogens with zero attached hydrogens (tertiary/aromatic N) is 2. The van der Waals surface area contributed by atoms with Crippen LogP contribution in [0.3, 0.4) is 0 Å². The summed E-state index contributed by atoms with van der Waals surface area (Å²) < 4.78 is 10.5. The monoisotopic (exact) mass is 264 g/mol. The maximum absolute atomic E-state index is 5.58. The molecule has 0 atom stereocenters. The zero-order valence-corrected chi connectivity index (χ0v) is 11.2. The Balaban J connectivity index is 1.89. The van der Waals surface area contributed by atoms with E-state index in [0.29, 0.717) is 25.6 Å². The van der Waals surface area contributed by atoms with Gasteiger partial charge in [0, 0.05) is 38.5 Å². The first-order valence-electron chi connectivity index (χ1n) is 6.48. The number of ether oxygens (including phenoxy) is 2. The molecule has 0 saturated heterocycles. The molecule has 0 radical (unpaired) electrons. The third-order valence-corrected chi connectivity index (χ3v) is 2.72. The molecule has 0 fully saturated rings. The van der Waals surface area contributed by atoms with Crippen molar-refractivity contribution >= 4 is 5.96 Å². The maximum Gasteiger partial charge on any atom is 0.218 e. The molecule has 0 unspecified atom stereocenters. The Kier molecular flexibility index (Phi) is 5.43. The van der Waals surface area contributed by atoms with E-state index in [1.54, 1.807) is 13.3 Å². The van der Waals surface area contributed by atoms with Crippen LogP contribution in [0.25, 0.3) is 0 Å². The van der Waals surface area contributed by atoms with E-state index in [0.717, 1.165) is 31.0 Å². The lowest BCUT2D eigenvalue weighted by Gasteiger charge is -2.17. The smallest absolute Gasteiger partial charge is 0.218 e. The van der Waals surface area contributed by atoms with Gasteiger partial charge in [0.1, 0.15) is 6.61 Å². The fourth-order valence-corrected chi connectivity index (χ4v) is 1.74. The van der Waals surface area contributed by atoms with Crippen LogP contribution in [0.4, 0.5) is 0 Å². The Hall–Kier alpha value is -1.82. The van der Waals surface area contributed by atoms with Gasteiger partial charge in [-0.25, -0.2) is 4.98 Å². The van der Waals surface area contributed by atoms with E-state index in [1.165, 1.54) is 0 Å². The first kappa shape index (κ1) is 13.6. The molecular weight excluding hydrogens is 244 g/mol. The van der Waals surface area contributed by atoms with Crippen molar-refractivity contribution in [1.82, 2.24) is 15.6 Å². The van der Waals surface area contributed by atoms with E-state index in [-0.39, 0.29) is 0 Å². The summed E-state index contributed by atoms with van der Waals surface area (Å²) in [5, 5.41) is 6.48. The van der Waals surface area contributed by atoms with Gasteiger partial charge in [0.15, 0.2) is 5.96 Å². The number of aliphatic imine (C=N–C) groups is 1. The Morgan fingerprint density at radius 3 is 3.16 bits per heavy atom. The zero-order valence-electron chi connectivity index (χ0n) is 11.2. The molecular formula is C13H20N4O2. The molecule has 1 aromatic heterocycles. The average Bonchev–Trinajstić information content (AvgIpc) is 2.48. The van der Waals surface area contributed by atoms with Crippen molar-refractivity contribution in [2.24, 2.45) is 4.99 Å². The first-order chi connectivity index (χ1) is 9.40. The van der Waals surface area contributed by atoms with E-state index < -0.39 is 0 Å². The fourth-order valence-electron chi connectivity index (χ4n) is 1.74. The highest BCUT2D eigenvalue weighted by atomic mass is 16.5. The minimum atomic E-state index is 0.500. The Morgan fingerprint density at radius 1 is 1.42 bits per heavy atom. The number of nitrogens with one attached hydrogen (secondary N) is 2. The standard InChI is InChI=1S/C13H20N4O2/c1-18-8-9-19-12-11(4-2-5-14-12)10-17-13-15-6-3-7-16-13/h2,4-5H,3,6-10H2,1H3,(H2,15,16,17). The van der Waals surface area contributed by atoms with Gasteiger partial charge in [-0.1, -0.05) is 6.07 Å². The molecule has 0 amide bonds. The molecule has 1 aliphatic heterocycles. The topological polar surface area (TPSA) is 67.8 Å². The molecule has 1 aliphatic rings. The number of methoxy groups -OCH3 is 1. The summed E-state index contributed by atoms with van der Waals surface area (Å²) in [6, 6.07) is 3.89. The van der Waals surface area contributed by atoms with Crippen molar-refractivity contribution in [3.8, 4) is 5.88 Å². The van der Waals surface area contributed by atoms with Gasteiger partial charge >= 0.3 is 0 Å². The van der Waals surface area contributed by atoms with Gasteiger partial charge in [0.25, 0.3) is 0 Å². The van der Waals surface area contributed by atoms with Crippen molar-refractivity contribution in [1.29, 1.82) is 0 Å². The number of hydrogen-bond donors (Lipinski definition) is 2. The molecule has 104 valence electrons. The van der Waals surface area contributed by atoms with E-state index in [1.807, 2.05) is 12.1 Å². The zero-order chi connectivity index (χ0) is 13.3. The molecule has 6 nitrogen and oxygen atoms in total. The molecule has 0 saturated carbocycles. The van der Waals surface area contributed by atoms with Crippen LogP contribution in [0.2, 0.25) is 0 Å². The number of rotatable bonds is 6. The fraction of sp³-hybridized carbons (Fsp3) is 0.538. The Morgan fingerprint density at radius 2 is 2.37 bits per heavy atom. The molecule has 0 aromatic carbocycles. The normalized spacial score (nSPS) is 14.5. The molecule has 2 N–H and O–H groups in total. The summed E-state index contributed by atoms with van der Waals surface area (Å²) in [4.78, 5) is 8.60. The minimum Gasteiger partial charge on any atom is -0.475 e. The summed E-state index contributed by atoms with van der Waals surface area (Å²) in [5.74, 6) is 1.49. The summed E-state index contributed by atoms with van der Waals surface area (Å²) in [5.41, 5.74) is 1.01. The maximum atomic E-state index is 5.58. The second-order valence-corrected chi connectivity index (χ2v) is 4.17. The summed E-state index contributed by atoms with van der Waals surface area (Å²) >= 11 is 0. The highest BCUT2D eigenvalue weighted by Crippen LogP contribution is 2.13. The van der Waals surface area contributed by atoms with Gasteiger partial charge in [-0.15, -0.1) is 0 Å². The largest absolute Gasteiger partial charge is 0.475 e. The highest BCUT2D eigenvalue weighted by Gasteiger charge is 2.07. The number of guanidine groups is 1. The lowest BCUT2D eigenvalue weighted by Crippen LogP contribution is -2.40. The lowest BCUT2D eigenvalue weighted by molar-refractivity contribution is 0.143. The molecule has 6 heteroatoms. The number of pyridine rings is 1. The molecule has 2 heterocycles. The third kappa shape index (κ3) is 4.40. The van der Waals surface area contributed by atoms with Gasteiger partial charge in [0.05, 0.1) is 6.61 Å². The van der Waals surface area contributed by atoms with Gasteiger partial charge in [-0.3, -0.25) is 4.99 Å². The van der Waals surface area contributed by atoms with Crippen molar-refractivity contribution in [2.75, 3.05) is 33.4 Å². The first-order valence-corrected chi connectivity index (χ1v) is 6.48. The van der Waals surface area contributed by atoms with Gasteiger partial charge in [-0.05, 0) is 12.5 Å². The molecule has 0 aliphatic carbocycles. The number of aromatic nitrogens is 1. The van der Waals surface area contributed by atoms with E-state index in [4.69, 9.17) is 9.47 Å². The van der Waals surface area contributed by atoms with E-state index in [9.17, 15) is 0 Å². The highest BCUT2D eigenvalue weighted by molar-refractivity contribution is 5.80. The van der Waals surface area contributed by atoms with Crippen LogP contribution >= 0.6 is 0 Å². The van der Waals surface area contributed by atoms with Crippen LogP contribution in [-0.4, -0.2) is 44.4 Å². The second kappa shape index (κ2) is 7.58. The van der Waals surface area contributed by atoms with Crippen LogP contribution in [0.1, 0.15) is 12.0 Å². The lowest BCUT2D eigenvalue weighted by atomic mass is 10.2.